The van der Waals surface area contributed by atoms with Gasteiger partial charge in [0, 0.05) is 29.9 Å². The third kappa shape index (κ3) is 2.19. The van der Waals surface area contributed by atoms with E-state index >= 15 is 0 Å². The van der Waals surface area contributed by atoms with Gasteiger partial charge >= 0.3 is 0 Å². The van der Waals surface area contributed by atoms with Crippen LogP contribution in [0.2, 0.25) is 0 Å². The average molecular weight is 252 g/mol. The molecule has 1 aromatic heterocycles. The number of nitrogen functional groups attached to an aromatic ring is 1. The van der Waals surface area contributed by atoms with Gasteiger partial charge in [-0.2, -0.15) is 5.26 Å². The molecule has 0 unspecified atom stereocenters. The van der Waals surface area contributed by atoms with Crippen LogP contribution in [0.5, 0.6) is 0 Å². The minimum absolute atomic E-state index is 0.544. The predicted octanol–water partition coefficient (Wildman–Crippen LogP) is 2.70. The van der Waals surface area contributed by atoms with Crippen molar-refractivity contribution in [1.82, 2.24) is 4.98 Å². The van der Waals surface area contributed by atoms with E-state index in [2.05, 4.69) is 22.0 Å². The summed E-state index contributed by atoms with van der Waals surface area (Å²) in [4.78, 5) is 6.69. The molecule has 1 heterocycles. The fourth-order valence-electron chi connectivity index (χ4n) is 2.49. The zero-order valence-electron chi connectivity index (χ0n) is 10.7. The van der Waals surface area contributed by atoms with E-state index in [0.29, 0.717) is 18.2 Å². The molecule has 3 rings (SSSR count). The van der Waals surface area contributed by atoms with Gasteiger partial charge in [-0.15, -0.1) is 0 Å². The van der Waals surface area contributed by atoms with Crippen LogP contribution >= 0.6 is 0 Å². The topological polar surface area (TPSA) is 65.9 Å². The van der Waals surface area contributed by atoms with Gasteiger partial charge in [0.05, 0.1) is 23.7 Å². The monoisotopic (exact) mass is 252 g/mol. The Kier molecular flexibility index (Phi) is 2.96. The molecule has 2 aromatic rings. The van der Waals surface area contributed by atoms with E-state index in [1.54, 1.807) is 6.20 Å². The maximum atomic E-state index is 8.81. The van der Waals surface area contributed by atoms with Gasteiger partial charge in [-0.3, -0.25) is 4.98 Å². The first-order valence-corrected chi connectivity index (χ1v) is 6.58. The molecule has 1 aliphatic rings. The summed E-state index contributed by atoms with van der Waals surface area (Å²) in [6.07, 6.45) is 4.76. The van der Waals surface area contributed by atoms with Crippen molar-refractivity contribution < 1.29 is 0 Å². The summed E-state index contributed by atoms with van der Waals surface area (Å²) in [5, 5.41) is 9.89. The van der Waals surface area contributed by atoms with Crippen molar-refractivity contribution in [2.75, 3.05) is 17.2 Å². The van der Waals surface area contributed by atoms with E-state index in [1.807, 2.05) is 18.2 Å². The summed E-state index contributed by atoms with van der Waals surface area (Å²) in [6, 6.07) is 10.7. The third-order valence-electron chi connectivity index (χ3n) is 3.54. The van der Waals surface area contributed by atoms with Crippen LogP contribution in [-0.4, -0.2) is 17.6 Å². The van der Waals surface area contributed by atoms with Crippen molar-refractivity contribution in [2.45, 2.75) is 25.3 Å². The fraction of sp³-hybridized carbons (Fsp3) is 0.333. The van der Waals surface area contributed by atoms with E-state index in [-0.39, 0.29) is 0 Å². The minimum atomic E-state index is 0.544. The highest BCUT2D eigenvalue weighted by atomic mass is 15.2. The van der Waals surface area contributed by atoms with Crippen LogP contribution in [0.3, 0.4) is 0 Å². The lowest BCUT2D eigenvalue weighted by atomic mass is 10.1. The Morgan fingerprint density at radius 3 is 2.95 bits per heavy atom. The Labute approximate surface area is 112 Å². The standard InChI is InChI=1S/C15H16N4/c16-8-2-10-19(11-5-6-11)14-7-9-18-15-12(14)3-1-4-13(15)17/h1,3-4,7,9,11H,2,5-6,10,17H2. The molecule has 0 bridgehead atoms. The lowest BCUT2D eigenvalue weighted by molar-refractivity contribution is 0.796. The number of anilines is 2. The number of nitriles is 1. The molecule has 1 aromatic carbocycles. The van der Waals surface area contributed by atoms with Gasteiger partial charge in [0.15, 0.2) is 0 Å². The molecule has 0 aliphatic heterocycles. The van der Waals surface area contributed by atoms with Crippen LogP contribution in [0.25, 0.3) is 10.9 Å². The van der Waals surface area contributed by atoms with E-state index in [1.165, 1.54) is 12.8 Å². The van der Waals surface area contributed by atoms with Crippen molar-refractivity contribution in [2.24, 2.45) is 0 Å². The number of benzene rings is 1. The Bertz CT molecular complexity index is 640. The highest BCUT2D eigenvalue weighted by Crippen LogP contribution is 2.36. The first kappa shape index (κ1) is 11.8. The summed E-state index contributed by atoms with van der Waals surface area (Å²) >= 11 is 0. The van der Waals surface area contributed by atoms with Gasteiger partial charge in [0.1, 0.15) is 0 Å². The van der Waals surface area contributed by atoms with Crippen molar-refractivity contribution >= 4 is 22.3 Å². The number of fused-ring (bicyclic) bond motifs is 1. The average Bonchev–Trinajstić information content (AvgIpc) is 3.25. The van der Waals surface area contributed by atoms with Crippen LogP contribution in [0.1, 0.15) is 19.3 Å². The number of hydrogen-bond donors (Lipinski definition) is 1. The second-order valence-electron chi connectivity index (χ2n) is 4.91. The second kappa shape index (κ2) is 4.77. The Morgan fingerprint density at radius 1 is 1.37 bits per heavy atom. The minimum Gasteiger partial charge on any atom is -0.397 e. The molecule has 1 saturated carbocycles. The highest BCUT2D eigenvalue weighted by Gasteiger charge is 2.29. The lowest BCUT2D eigenvalue weighted by Crippen LogP contribution is -2.26. The summed E-state index contributed by atoms with van der Waals surface area (Å²) in [5.74, 6) is 0. The number of pyridine rings is 1. The van der Waals surface area contributed by atoms with Crippen molar-refractivity contribution in [3.05, 3.63) is 30.5 Å². The zero-order valence-corrected chi connectivity index (χ0v) is 10.7. The molecule has 19 heavy (non-hydrogen) atoms. The molecule has 0 spiro atoms. The molecule has 0 atom stereocenters. The molecule has 1 fully saturated rings. The number of hydrogen-bond acceptors (Lipinski definition) is 4. The van der Waals surface area contributed by atoms with Gasteiger partial charge in [0.25, 0.3) is 0 Å². The normalized spacial score (nSPS) is 14.3. The molecule has 1 aliphatic carbocycles. The summed E-state index contributed by atoms with van der Waals surface area (Å²) in [6.45, 7) is 0.773. The molecule has 0 amide bonds. The predicted molar refractivity (Wildman–Crippen MR) is 76.8 cm³/mol. The van der Waals surface area contributed by atoms with E-state index in [9.17, 15) is 0 Å². The number of aromatic nitrogens is 1. The molecular weight excluding hydrogens is 236 g/mol. The molecule has 0 saturated heterocycles. The molecule has 96 valence electrons. The van der Waals surface area contributed by atoms with E-state index in [4.69, 9.17) is 11.0 Å². The van der Waals surface area contributed by atoms with E-state index < -0.39 is 0 Å². The second-order valence-corrected chi connectivity index (χ2v) is 4.91. The van der Waals surface area contributed by atoms with Crippen molar-refractivity contribution in [1.29, 1.82) is 5.26 Å². The molecule has 4 nitrogen and oxygen atoms in total. The smallest absolute Gasteiger partial charge is 0.0951 e. The van der Waals surface area contributed by atoms with Gasteiger partial charge in [-0.25, -0.2) is 0 Å². The van der Waals surface area contributed by atoms with Gasteiger partial charge in [-0.1, -0.05) is 12.1 Å². The quantitative estimate of drug-likeness (QED) is 0.850. The van der Waals surface area contributed by atoms with Crippen LogP contribution < -0.4 is 10.6 Å². The first-order chi connectivity index (χ1) is 9.31. The highest BCUT2D eigenvalue weighted by molar-refractivity contribution is 5.98. The number of para-hydroxylation sites is 1. The molecular formula is C15H16N4. The first-order valence-electron chi connectivity index (χ1n) is 6.58. The Balaban J connectivity index is 2.07. The van der Waals surface area contributed by atoms with Crippen LogP contribution in [-0.2, 0) is 0 Å². The van der Waals surface area contributed by atoms with Crippen LogP contribution in [0.15, 0.2) is 30.5 Å². The Morgan fingerprint density at radius 2 is 2.21 bits per heavy atom. The maximum Gasteiger partial charge on any atom is 0.0951 e. The largest absolute Gasteiger partial charge is 0.397 e. The van der Waals surface area contributed by atoms with Gasteiger partial charge in [-0.05, 0) is 25.0 Å². The maximum absolute atomic E-state index is 8.81. The summed E-state index contributed by atoms with van der Waals surface area (Å²) in [7, 11) is 0. The molecule has 4 heteroatoms. The number of nitrogens with zero attached hydrogens (tertiary/aromatic N) is 3. The summed E-state index contributed by atoms with van der Waals surface area (Å²) in [5.41, 5.74) is 8.69. The number of rotatable bonds is 4. The number of nitrogens with two attached hydrogens (primary N) is 1. The van der Waals surface area contributed by atoms with Crippen molar-refractivity contribution in [3.8, 4) is 6.07 Å². The molecule has 2 N–H and O–H groups in total. The van der Waals surface area contributed by atoms with Crippen LogP contribution in [0, 0.1) is 11.3 Å². The fourth-order valence-corrected chi connectivity index (χ4v) is 2.49. The van der Waals surface area contributed by atoms with Gasteiger partial charge < -0.3 is 10.6 Å². The zero-order chi connectivity index (χ0) is 13.2. The Hall–Kier alpha value is -2.28. The lowest BCUT2D eigenvalue weighted by Gasteiger charge is -2.25. The van der Waals surface area contributed by atoms with E-state index in [0.717, 1.165) is 23.1 Å². The summed E-state index contributed by atoms with van der Waals surface area (Å²) < 4.78 is 0. The van der Waals surface area contributed by atoms with Gasteiger partial charge in [0.2, 0.25) is 0 Å². The van der Waals surface area contributed by atoms with Crippen molar-refractivity contribution in [3.63, 3.8) is 0 Å². The molecule has 0 radical (unpaired) electrons. The third-order valence-corrected chi connectivity index (χ3v) is 3.54. The SMILES string of the molecule is N#CCCN(c1ccnc2c(N)cccc12)C1CC1. The van der Waals surface area contributed by atoms with Crippen LogP contribution in [0.4, 0.5) is 11.4 Å².